The predicted molar refractivity (Wildman–Crippen MR) is 75.2 cm³/mol. The minimum atomic E-state index is -3.64. The molecule has 0 atom stereocenters. The van der Waals surface area contributed by atoms with E-state index in [4.69, 9.17) is 9.84 Å². The molecule has 0 aromatic carbocycles. The van der Waals surface area contributed by atoms with E-state index < -0.39 is 10.0 Å². The molecule has 2 N–H and O–H groups in total. The van der Waals surface area contributed by atoms with Crippen LogP contribution < -0.4 is 4.72 Å². The Morgan fingerprint density at radius 1 is 1.50 bits per heavy atom. The van der Waals surface area contributed by atoms with E-state index >= 15 is 0 Å². The average molecular weight is 317 g/mol. The molecule has 2 aromatic rings. The number of ether oxygens (including phenoxy) is 1. The SMILES string of the molecule is COCCn1cc(NS(=O)(=O)c2ccc(CO)s2)cn1. The average Bonchev–Trinajstić information content (AvgIpc) is 3.04. The van der Waals surface area contributed by atoms with Gasteiger partial charge in [0.25, 0.3) is 10.0 Å². The van der Waals surface area contributed by atoms with Gasteiger partial charge in [0.1, 0.15) is 4.21 Å². The molecule has 0 amide bonds. The van der Waals surface area contributed by atoms with Crippen LogP contribution in [0.2, 0.25) is 0 Å². The number of methoxy groups -OCH3 is 1. The quantitative estimate of drug-likeness (QED) is 0.791. The Balaban J connectivity index is 2.09. The molecule has 0 radical (unpaired) electrons. The minimum Gasteiger partial charge on any atom is -0.391 e. The first-order valence-corrected chi connectivity index (χ1v) is 8.09. The van der Waals surface area contributed by atoms with Crippen LogP contribution in [0.5, 0.6) is 0 Å². The van der Waals surface area contributed by atoms with Crippen LogP contribution in [0.1, 0.15) is 4.88 Å². The molecule has 20 heavy (non-hydrogen) atoms. The van der Waals surface area contributed by atoms with Gasteiger partial charge in [-0.2, -0.15) is 5.10 Å². The lowest BCUT2D eigenvalue weighted by molar-refractivity contribution is 0.183. The van der Waals surface area contributed by atoms with E-state index in [9.17, 15) is 8.42 Å². The lowest BCUT2D eigenvalue weighted by Crippen LogP contribution is -2.11. The summed E-state index contributed by atoms with van der Waals surface area (Å²) in [5.74, 6) is 0. The molecule has 0 aliphatic carbocycles. The molecule has 0 saturated carbocycles. The molecule has 7 nitrogen and oxygen atoms in total. The fraction of sp³-hybridized carbons (Fsp3) is 0.364. The van der Waals surface area contributed by atoms with Gasteiger partial charge in [-0.3, -0.25) is 9.40 Å². The van der Waals surface area contributed by atoms with Crippen LogP contribution in [0, 0.1) is 0 Å². The second-order valence-electron chi connectivity index (χ2n) is 3.97. The first-order chi connectivity index (χ1) is 9.55. The summed E-state index contributed by atoms with van der Waals surface area (Å²) in [6, 6.07) is 3.05. The summed E-state index contributed by atoms with van der Waals surface area (Å²) >= 11 is 1.03. The number of hydrogen-bond acceptors (Lipinski definition) is 6. The standard InChI is InChI=1S/C11H15N3O4S2/c1-18-5-4-14-7-9(6-12-14)13-20(16,17)11-3-2-10(8-15)19-11/h2-3,6-7,13,15H,4-5,8H2,1H3. The fourth-order valence-electron chi connectivity index (χ4n) is 1.52. The first-order valence-electron chi connectivity index (χ1n) is 5.79. The molecule has 0 aliphatic rings. The third-order valence-corrected chi connectivity index (χ3v) is 5.41. The van der Waals surface area contributed by atoms with Crippen LogP contribution in [-0.2, 0) is 27.9 Å². The Labute approximate surface area is 120 Å². The van der Waals surface area contributed by atoms with Gasteiger partial charge in [-0.25, -0.2) is 8.42 Å². The van der Waals surface area contributed by atoms with Gasteiger partial charge in [0.2, 0.25) is 0 Å². The number of aliphatic hydroxyl groups excluding tert-OH is 1. The molecule has 0 saturated heterocycles. The number of sulfonamides is 1. The van der Waals surface area contributed by atoms with E-state index in [1.165, 1.54) is 12.3 Å². The zero-order valence-electron chi connectivity index (χ0n) is 10.8. The van der Waals surface area contributed by atoms with E-state index in [2.05, 4.69) is 9.82 Å². The van der Waals surface area contributed by atoms with Crippen molar-refractivity contribution in [1.82, 2.24) is 9.78 Å². The van der Waals surface area contributed by atoms with Crippen molar-refractivity contribution >= 4 is 27.0 Å². The molecule has 0 spiro atoms. The third-order valence-electron chi connectivity index (χ3n) is 2.47. The second-order valence-corrected chi connectivity index (χ2v) is 7.05. The molecule has 2 rings (SSSR count). The molecule has 0 bridgehead atoms. The number of nitrogens with zero attached hydrogens (tertiary/aromatic N) is 2. The summed E-state index contributed by atoms with van der Waals surface area (Å²) in [7, 11) is -2.05. The lowest BCUT2D eigenvalue weighted by Gasteiger charge is -2.03. The van der Waals surface area contributed by atoms with E-state index in [1.54, 1.807) is 24.1 Å². The number of thiophene rings is 1. The minimum absolute atomic E-state index is 0.159. The highest BCUT2D eigenvalue weighted by molar-refractivity contribution is 7.94. The van der Waals surface area contributed by atoms with Crippen molar-refractivity contribution in [1.29, 1.82) is 0 Å². The van der Waals surface area contributed by atoms with Gasteiger partial charge in [-0.05, 0) is 12.1 Å². The summed E-state index contributed by atoms with van der Waals surface area (Å²) < 4.78 is 33.3. The van der Waals surface area contributed by atoms with Crippen molar-refractivity contribution in [3.8, 4) is 0 Å². The highest BCUT2D eigenvalue weighted by Gasteiger charge is 2.17. The van der Waals surface area contributed by atoms with Gasteiger partial charge in [0, 0.05) is 18.2 Å². The molecular weight excluding hydrogens is 302 g/mol. The summed E-state index contributed by atoms with van der Waals surface area (Å²) in [6.45, 7) is 0.875. The second kappa shape index (κ2) is 6.35. The Kier molecular flexibility index (Phi) is 4.76. The van der Waals surface area contributed by atoms with Gasteiger partial charge in [0.15, 0.2) is 0 Å². The van der Waals surface area contributed by atoms with Crippen LogP contribution in [0.15, 0.2) is 28.7 Å². The van der Waals surface area contributed by atoms with Crippen LogP contribution in [0.3, 0.4) is 0 Å². The predicted octanol–water partition coefficient (Wildman–Crippen LogP) is 0.884. The van der Waals surface area contributed by atoms with Crippen LogP contribution in [0.25, 0.3) is 0 Å². The smallest absolute Gasteiger partial charge is 0.271 e. The molecule has 0 unspecified atom stereocenters. The lowest BCUT2D eigenvalue weighted by atomic mass is 10.5. The molecule has 0 fully saturated rings. The van der Waals surface area contributed by atoms with E-state index in [0.717, 1.165) is 11.3 Å². The number of aliphatic hydroxyl groups is 1. The van der Waals surface area contributed by atoms with Crippen molar-refractivity contribution in [2.45, 2.75) is 17.4 Å². The van der Waals surface area contributed by atoms with Gasteiger partial charge in [0.05, 0.1) is 31.6 Å². The van der Waals surface area contributed by atoms with Crippen molar-refractivity contribution in [3.05, 3.63) is 29.4 Å². The highest BCUT2D eigenvalue weighted by Crippen LogP contribution is 2.23. The Bertz CT molecular complexity index is 663. The first kappa shape index (κ1) is 15.0. The topological polar surface area (TPSA) is 93.5 Å². The molecule has 9 heteroatoms. The number of anilines is 1. The molecular formula is C11H15N3O4S2. The molecule has 0 aliphatic heterocycles. The third kappa shape index (κ3) is 3.57. The van der Waals surface area contributed by atoms with Crippen LogP contribution >= 0.6 is 11.3 Å². The highest BCUT2D eigenvalue weighted by atomic mass is 32.2. The summed E-state index contributed by atoms with van der Waals surface area (Å²) in [5, 5.41) is 13.0. The number of hydrogen-bond donors (Lipinski definition) is 2. The fourth-order valence-corrected chi connectivity index (χ4v) is 3.76. The summed E-state index contributed by atoms with van der Waals surface area (Å²) in [4.78, 5) is 0.598. The van der Waals surface area contributed by atoms with E-state index in [-0.39, 0.29) is 10.8 Å². The zero-order valence-corrected chi connectivity index (χ0v) is 12.4. The van der Waals surface area contributed by atoms with E-state index in [0.29, 0.717) is 23.7 Å². The Morgan fingerprint density at radius 2 is 2.30 bits per heavy atom. The summed E-state index contributed by atoms with van der Waals surface area (Å²) in [5.41, 5.74) is 0.389. The van der Waals surface area contributed by atoms with Gasteiger partial charge in [-0.1, -0.05) is 0 Å². The maximum absolute atomic E-state index is 12.1. The maximum Gasteiger partial charge on any atom is 0.271 e. The monoisotopic (exact) mass is 317 g/mol. The zero-order chi connectivity index (χ0) is 14.6. The number of rotatable bonds is 7. The van der Waals surface area contributed by atoms with Crippen molar-refractivity contribution in [2.24, 2.45) is 0 Å². The number of aromatic nitrogens is 2. The van der Waals surface area contributed by atoms with Gasteiger partial charge >= 0.3 is 0 Å². The maximum atomic E-state index is 12.1. The van der Waals surface area contributed by atoms with Crippen LogP contribution in [0.4, 0.5) is 5.69 Å². The summed E-state index contributed by atoms with van der Waals surface area (Å²) in [6.07, 6.45) is 3.03. The van der Waals surface area contributed by atoms with Crippen molar-refractivity contribution in [2.75, 3.05) is 18.4 Å². The molecule has 2 aromatic heterocycles. The largest absolute Gasteiger partial charge is 0.391 e. The molecule has 110 valence electrons. The van der Waals surface area contributed by atoms with Gasteiger partial charge in [-0.15, -0.1) is 11.3 Å². The van der Waals surface area contributed by atoms with Crippen molar-refractivity contribution in [3.63, 3.8) is 0 Å². The Hall–Kier alpha value is -1.42. The van der Waals surface area contributed by atoms with Crippen molar-refractivity contribution < 1.29 is 18.3 Å². The van der Waals surface area contributed by atoms with E-state index in [1.807, 2.05) is 0 Å². The van der Waals surface area contributed by atoms with Gasteiger partial charge < -0.3 is 9.84 Å². The number of nitrogens with one attached hydrogen (secondary N) is 1. The Morgan fingerprint density at radius 3 is 2.95 bits per heavy atom. The molecule has 2 heterocycles. The normalized spacial score (nSPS) is 11.7. The van der Waals surface area contributed by atoms with Crippen LogP contribution in [-0.4, -0.2) is 37.0 Å².